The SMILES string of the molecule is N.O=[N+]([O-])O.P. The third-order valence-electron chi connectivity index (χ3n) is 0. The molecule has 40 valence electrons. The molecule has 0 saturated heterocycles. The van der Waals surface area contributed by atoms with E-state index in [0.29, 0.717) is 0 Å². The van der Waals surface area contributed by atoms with E-state index >= 15 is 0 Å². The molecule has 0 spiro atoms. The molecule has 0 aliphatic carbocycles. The summed E-state index contributed by atoms with van der Waals surface area (Å²) in [7, 11) is 0. The van der Waals surface area contributed by atoms with Crippen molar-refractivity contribution in [3.8, 4) is 0 Å². The summed E-state index contributed by atoms with van der Waals surface area (Å²) < 4.78 is 0. The topological polar surface area (TPSA) is 98.4 Å². The molecule has 0 fully saturated rings. The molecule has 6 heteroatoms. The molecule has 0 heterocycles. The van der Waals surface area contributed by atoms with Crippen LogP contribution in [0.1, 0.15) is 0 Å². The molecule has 0 radical (unpaired) electrons. The standard InChI is InChI=1S/HNO3.H3N.H3P/c2-1(3)4;;/h(H,2,3,4);2*1H3. The molecule has 0 aromatic carbocycles. The molecule has 0 bridgehead atoms. The summed E-state index contributed by atoms with van der Waals surface area (Å²) in [6.45, 7) is 0. The van der Waals surface area contributed by atoms with Crippen molar-refractivity contribution in [1.82, 2.24) is 6.15 Å². The van der Waals surface area contributed by atoms with Crippen LogP contribution >= 0.6 is 9.90 Å². The minimum absolute atomic E-state index is 0. The van der Waals surface area contributed by atoms with Crippen LogP contribution in [-0.4, -0.2) is 10.3 Å². The molecule has 6 heavy (non-hydrogen) atoms. The van der Waals surface area contributed by atoms with Crippen molar-refractivity contribution in [2.75, 3.05) is 0 Å². The maximum atomic E-state index is 8.36. The molecule has 5 nitrogen and oxygen atoms in total. The summed E-state index contributed by atoms with van der Waals surface area (Å²) in [6, 6.07) is 0. The van der Waals surface area contributed by atoms with Crippen molar-refractivity contribution >= 4 is 9.90 Å². The first kappa shape index (κ1) is 17.6. The van der Waals surface area contributed by atoms with Crippen LogP contribution in [0.2, 0.25) is 0 Å². The first-order valence-electron chi connectivity index (χ1n) is 0.565. The third kappa shape index (κ3) is 143. The Balaban J connectivity index is -0.0000000450. The first-order chi connectivity index (χ1) is 1.73. The summed E-state index contributed by atoms with van der Waals surface area (Å²) in [5.74, 6) is 0. The van der Waals surface area contributed by atoms with Crippen molar-refractivity contribution in [3.05, 3.63) is 10.1 Å². The number of hydrogen-bond acceptors (Lipinski definition) is 3. The molecular formula is H7N2O3P. The Kier molecular flexibility index (Phi) is 25.8. The molecule has 0 amide bonds. The van der Waals surface area contributed by atoms with Crippen LogP contribution in [-0.2, 0) is 0 Å². The predicted octanol–water partition coefficient (Wildman–Crippen LogP) is -0.128. The van der Waals surface area contributed by atoms with Crippen LogP contribution in [0.5, 0.6) is 0 Å². The number of hydrogen-bond donors (Lipinski definition) is 2. The zero-order valence-electron chi connectivity index (χ0n) is 3.13. The second-order valence-corrected chi connectivity index (χ2v) is 0.238. The quantitative estimate of drug-likeness (QED) is 0.260. The lowest BCUT2D eigenvalue weighted by Crippen LogP contribution is -1.81. The number of nitrogens with zero attached hydrogens (tertiary/aromatic N) is 1. The fraction of sp³-hybridized carbons (Fsp3) is 0. The highest BCUT2D eigenvalue weighted by molar-refractivity contribution is 6.92. The highest BCUT2D eigenvalue weighted by Crippen LogP contribution is 1.38. The van der Waals surface area contributed by atoms with Gasteiger partial charge in [-0.25, -0.2) is 0 Å². The van der Waals surface area contributed by atoms with Gasteiger partial charge >= 0.3 is 0 Å². The molecule has 0 rings (SSSR count). The van der Waals surface area contributed by atoms with Crippen molar-refractivity contribution in [2.24, 2.45) is 0 Å². The summed E-state index contributed by atoms with van der Waals surface area (Å²) in [4.78, 5) is 8.36. The van der Waals surface area contributed by atoms with Crippen LogP contribution < -0.4 is 6.15 Å². The molecule has 0 aromatic rings. The minimum Gasteiger partial charge on any atom is -0.344 e. The molecular weight excluding hydrogens is 107 g/mol. The Labute approximate surface area is 37.7 Å². The maximum Gasteiger partial charge on any atom is 0.291 e. The fourth-order valence-corrected chi connectivity index (χ4v) is 0. The molecule has 1 unspecified atom stereocenters. The Morgan fingerprint density at radius 1 is 1.67 bits per heavy atom. The lowest BCUT2D eigenvalue weighted by molar-refractivity contribution is -0.742. The third-order valence-corrected chi connectivity index (χ3v) is 0. The summed E-state index contributed by atoms with van der Waals surface area (Å²) >= 11 is 0. The van der Waals surface area contributed by atoms with Crippen molar-refractivity contribution in [3.63, 3.8) is 0 Å². The number of rotatable bonds is 0. The second kappa shape index (κ2) is 8.82. The molecule has 0 aliphatic heterocycles. The van der Waals surface area contributed by atoms with Crippen LogP contribution in [0.4, 0.5) is 0 Å². The molecule has 0 aromatic heterocycles. The van der Waals surface area contributed by atoms with E-state index < -0.39 is 5.09 Å². The summed E-state index contributed by atoms with van der Waals surface area (Å²) in [5.41, 5.74) is 0. The second-order valence-electron chi connectivity index (χ2n) is 0.238. The predicted molar refractivity (Wildman–Crippen MR) is 24.9 cm³/mol. The summed E-state index contributed by atoms with van der Waals surface area (Å²) in [6.07, 6.45) is 0. The average Bonchev–Trinajstić information content (AvgIpc) is 0.811. The van der Waals surface area contributed by atoms with E-state index in [2.05, 4.69) is 0 Å². The molecule has 4 N–H and O–H groups in total. The van der Waals surface area contributed by atoms with Crippen molar-refractivity contribution in [1.29, 1.82) is 0 Å². The van der Waals surface area contributed by atoms with E-state index in [0.717, 1.165) is 0 Å². The Bertz CT molecular complexity index is 31.8. The Hall–Kier alpha value is -0.410. The van der Waals surface area contributed by atoms with E-state index in [1.54, 1.807) is 0 Å². The Morgan fingerprint density at radius 2 is 1.67 bits per heavy atom. The average molecular weight is 114 g/mol. The van der Waals surface area contributed by atoms with Crippen LogP contribution in [0, 0.1) is 10.1 Å². The zero-order chi connectivity index (χ0) is 3.58. The van der Waals surface area contributed by atoms with Crippen molar-refractivity contribution in [2.45, 2.75) is 0 Å². The maximum absolute atomic E-state index is 8.36. The van der Waals surface area contributed by atoms with Crippen LogP contribution in [0.25, 0.3) is 0 Å². The minimum atomic E-state index is -1.50. The van der Waals surface area contributed by atoms with Gasteiger partial charge in [0.25, 0.3) is 5.09 Å². The van der Waals surface area contributed by atoms with Crippen LogP contribution in [0.15, 0.2) is 0 Å². The molecule has 0 saturated carbocycles. The highest BCUT2D eigenvalue weighted by atomic mass is 31.0. The van der Waals surface area contributed by atoms with Gasteiger partial charge in [-0.05, 0) is 0 Å². The zero-order valence-corrected chi connectivity index (χ0v) is 4.54. The van der Waals surface area contributed by atoms with E-state index in [4.69, 9.17) is 15.3 Å². The van der Waals surface area contributed by atoms with Gasteiger partial charge in [0.1, 0.15) is 0 Å². The molecule has 1 atom stereocenters. The van der Waals surface area contributed by atoms with Crippen LogP contribution in [0.3, 0.4) is 0 Å². The smallest absolute Gasteiger partial charge is 0.291 e. The fourth-order valence-electron chi connectivity index (χ4n) is 0. The normalized spacial score (nSPS) is 4.00. The largest absolute Gasteiger partial charge is 0.344 e. The lowest BCUT2D eigenvalue weighted by Gasteiger charge is -1.56. The van der Waals surface area contributed by atoms with Gasteiger partial charge in [0.15, 0.2) is 0 Å². The van der Waals surface area contributed by atoms with Gasteiger partial charge in [-0.1, -0.05) is 0 Å². The van der Waals surface area contributed by atoms with Gasteiger partial charge in [0.2, 0.25) is 0 Å². The van der Waals surface area contributed by atoms with E-state index in [1.165, 1.54) is 0 Å². The Morgan fingerprint density at radius 3 is 1.67 bits per heavy atom. The van der Waals surface area contributed by atoms with E-state index in [-0.39, 0.29) is 16.0 Å². The van der Waals surface area contributed by atoms with Gasteiger partial charge in [-0.15, -0.1) is 10.1 Å². The van der Waals surface area contributed by atoms with Gasteiger partial charge in [-0.3, -0.25) is 0 Å². The summed E-state index contributed by atoms with van der Waals surface area (Å²) in [5, 5.41) is 13.6. The highest BCUT2D eigenvalue weighted by Gasteiger charge is 1.65. The molecule has 0 aliphatic rings. The van der Waals surface area contributed by atoms with E-state index in [1.807, 2.05) is 0 Å². The van der Waals surface area contributed by atoms with Crippen molar-refractivity contribution < 1.29 is 10.3 Å². The monoisotopic (exact) mass is 114 g/mol. The van der Waals surface area contributed by atoms with Gasteiger partial charge in [0, 0.05) is 0 Å². The van der Waals surface area contributed by atoms with Gasteiger partial charge in [-0.2, -0.15) is 9.90 Å². The van der Waals surface area contributed by atoms with Gasteiger partial charge in [0.05, 0.1) is 0 Å². The van der Waals surface area contributed by atoms with E-state index in [9.17, 15) is 0 Å². The lowest BCUT2D eigenvalue weighted by atomic mass is 13.1. The van der Waals surface area contributed by atoms with Gasteiger partial charge < -0.3 is 11.4 Å². The first-order valence-corrected chi connectivity index (χ1v) is 0.565.